The predicted molar refractivity (Wildman–Crippen MR) is 50.3 cm³/mol. The van der Waals surface area contributed by atoms with E-state index < -0.39 is 0 Å². The molecule has 1 heterocycles. The summed E-state index contributed by atoms with van der Waals surface area (Å²) in [5, 5.41) is 8.76. The summed E-state index contributed by atoms with van der Waals surface area (Å²) >= 11 is 0. The van der Waals surface area contributed by atoms with Crippen LogP contribution in [-0.2, 0) is 0 Å². The molecule has 2 amide bonds. The number of rotatable bonds is 3. The van der Waals surface area contributed by atoms with Crippen molar-refractivity contribution in [3.63, 3.8) is 0 Å². The van der Waals surface area contributed by atoms with E-state index in [1.807, 2.05) is 6.92 Å². The van der Waals surface area contributed by atoms with Crippen LogP contribution in [0.3, 0.4) is 0 Å². The van der Waals surface area contributed by atoms with Gasteiger partial charge in [-0.2, -0.15) is 4.98 Å². The van der Waals surface area contributed by atoms with Gasteiger partial charge in [0.25, 0.3) is 0 Å². The standard InChI is InChI=1S/C7H13N5O2/c1-4-14-6-8-5(10-11-6)9-7(13)12(2)3/h4H2,1-3H3,(H2,8,9,10,11,13). The number of aromatic amines is 1. The molecule has 7 heteroatoms. The predicted octanol–water partition coefficient (Wildman–Crippen LogP) is 0.297. The topological polar surface area (TPSA) is 83.1 Å². The highest BCUT2D eigenvalue weighted by molar-refractivity contribution is 5.86. The lowest BCUT2D eigenvalue weighted by Crippen LogP contribution is -2.27. The normalized spacial score (nSPS) is 9.64. The fraction of sp³-hybridized carbons (Fsp3) is 0.571. The molecule has 0 spiro atoms. The lowest BCUT2D eigenvalue weighted by atomic mass is 10.8. The molecule has 0 fully saturated rings. The van der Waals surface area contributed by atoms with Crippen molar-refractivity contribution in [2.24, 2.45) is 0 Å². The largest absolute Gasteiger partial charge is 0.463 e. The Balaban J connectivity index is 2.55. The van der Waals surface area contributed by atoms with Crippen molar-refractivity contribution in [2.75, 3.05) is 26.0 Å². The van der Waals surface area contributed by atoms with Crippen molar-refractivity contribution in [2.45, 2.75) is 6.92 Å². The lowest BCUT2D eigenvalue weighted by molar-refractivity contribution is 0.230. The second-order valence-electron chi connectivity index (χ2n) is 2.72. The van der Waals surface area contributed by atoms with Crippen LogP contribution in [0, 0.1) is 0 Å². The van der Waals surface area contributed by atoms with Crippen LogP contribution in [-0.4, -0.2) is 46.8 Å². The Bertz CT molecular complexity index is 309. The second kappa shape index (κ2) is 4.45. The van der Waals surface area contributed by atoms with Gasteiger partial charge in [-0.05, 0) is 6.92 Å². The first-order valence-corrected chi connectivity index (χ1v) is 4.17. The number of hydrogen-bond donors (Lipinski definition) is 2. The molecule has 1 rings (SSSR count). The molecule has 0 atom stereocenters. The van der Waals surface area contributed by atoms with Gasteiger partial charge in [0.15, 0.2) is 0 Å². The van der Waals surface area contributed by atoms with Gasteiger partial charge in [0.1, 0.15) is 0 Å². The minimum absolute atomic E-state index is 0.224. The van der Waals surface area contributed by atoms with Crippen molar-refractivity contribution in [1.82, 2.24) is 20.1 Å². The van der Waals surface area contributed by atoms with Crippen LogP contribution in [0.5, 0.6) is 6.01 Å². The summed E-state index contributed by atoms with van der Waals surface area (Å²) in [5.41, 5.74) is 0. The average Bonchev–Trinajstić information content (AvgIpc) is 2.53. The summed E-state index contributed by atoms with van der Waals surface area (Å²) in [5.74, 6) is 0.271. The zero-order chi connectivity index (χ0) is 10.6. The molecule has 1 aromatic rings. The molecule has 0 bridgehead atoms. The van der Waals surface area contributed by atoms with E-state index in [2.05, 4.69) is 20.5 Å². The van der Waals surface area contributed by atoms with Crippen molar-refractivity contribution in [3.8, 4) is 6.01 Å². The molecule has 0 aromatic carbocycles. The van der Waals surface area contributed by atoms with E-state index in [9.17, 15) is 4.79 Å². The molecule has 0 aliphatic carbocycles. The fourth-order valence-corrected chi connectivity index (χ4v) is 0.709. The quantitative estimate of drug-likeness (QED) is 0.733. The number of nitrogens with zero attached hydrogens (tertiary/aromatic N) is 3. The van der Waals surface area contributed by atoms with Crippen LogP contribution in [0.2, 0.25) is 0 Å². The number of nitrogens with one attached hydrogen (secondary N) is 2. The van der Waals surface area contributed by atoms with Crippen LogP contribution in [0.4, 0.5) is 10.7 Å². The molecule has 0 unspecified atom stereocenters. The van der Waals surface area contributed by atoms with E-state index in [4.69, 9.17) is 4.74 Å². The van der Waals surface area contributed by atoms with E-state index in [-0.39, 0.29) is 18.0 Å². The van der Waals surface area contributed by atoms with Crippen LogP contribution < -0.4 is 10.1 Å². The zero-order valence-electron chi connectivity index (χ0n) is 8.37. The summed E-state index contributed by atoms with van der Waals surface area (Å²) in [6.07, 6.45) is 0. The van der Waals surface area contributed by atoms with Crippen LogP contribution in [0.25, 0.3) is 0 Å². The third-order valence-corrected chi connectivity index (χ3v) is 1.37. The molecule has 1 aromatic heterocycles. The second-order valence-corrected chi connectivity index (χ2v) is 2.72. The van der Waals surface area contributed by atoms with E-state index in [0.29, 0.717) is 6.61 Å². The molecule has 0 saturated carbocycles. The maximum absolute atomic E-state index is 11.2. The van der Waals surface area contributed by atoms with E-state index in [0.717, 1.165) is 0 Å². The Hall–Kier alpha value is -1.79. The van der Waals surface area contributed by atoms with Gasteiger partial charge in [-0.15, -0.1) is 5.10 Å². The maximum Gasteiger partial charge on any atom is 0.337 e. The van der Waals surface area contributed by atoms with Gasteiger partial charge in [-0.25, -0.2) is 9.89 Å². The Labute approximate surface area is 81.5 Å². The third kappa shape index (κ3) is 2.61. The Morgan fingerprint density at radius 2 is 2.36 bits per heavy atom. The first kappa shape index (κ1) is 10.3. The van der Waals surface area contributed by atoms with Crippen molar-refractivity contribution >= 4 is 12.0 Å². The van der Waals surface area contributed by atoms with Crippen LogP contribution in [0.15, 0.2) is 0 Å². The first-order chi connectivity index (χ1) is 6.63. The summed E-state index contributed by atoms with van der Waals surface area (Å²) in [4.78, 5) is 16.4. The number of anilines is 1. The Morgan fingerprint density at radius 1 is 1.64 bits per heavy atom. The minimum atomic E-state index is -0.274. The molecular formula is C7H13N5O2. The van der Waals surface area contributed by atoms with Gasteiger partial charge in [-0.3, -0.25) is 5.32 Å². The fourth-order valence-electron chi connectivity index (χ4n) is 0.709. The number of ether oxygens (including phenoxy) is 1. The number of urea groups is 1. The minimum Gasteiger partial charge on any atom is -0.463 e. The number of hydrogen-bond acceptors (Lipinski definition) is 4. The van der Waals surface area contributed by atoms with Gasteiger partial charge in [0.05, 0.1) is 6.61 Å². The monoisotopic (exact) mass is 199 g/mol. The number of carbonyl (C=O) groups excluding carboxylic acids is 1. The average molecular weight is 199 g/mol. The molecule has 0 radical (unpaired) electrons. The van der Waals surface area contributed by atoms with Crippen molar-refractivity contribution in [3.05, 3.63) is 0 Å². The van der Waals surface area contributed by atoms with Crippen LogP contribution in [0.1, 0.15) is 6.92 Å². The number of carbonyl (C=O) groups is 1. The molecule has 0 aliphatic rings. The van der Waals surface area contributed by atoms with Gasteiger partial charge >= 0.3 is 12.0 Å². The number of H-pyrrole nitrogens is 1. The molecule has 0 aliphatic heterocycles. The zero-order valence-corrected chi connectivity index (χ0v) is 8.37. The third-order valence-electron chi connectivity index (χ3n) is 1.37. The highest BCUT2D eigenvalue weighted by Gasteiger charge is 2.08. The highest BCUT2D eigenvalue weighted by atomic mass is 16.5. The highest BCUT2D eigenvalue weighted by Crippen LogP contribution is 2.05. The molecule has 7 nitrogen and oxygen atoms in total. The smallest absolute Gasteiger partial charge is 0.337 e. The molecule has 2 N–H and O–H groups in total. The number of aromatic nitrogens is 3. The summed E-state index contributed by atoms with van der Waals surface area (Å²) < 4.78 is 5.01. The molecule has 0 saturated heterocycles. The molecular weight excluding hydrogens is 186 g/mol. The number of amides is 2. The van der Waals surface area contributed by atoms with Crippen molar-refractivity contribution < 1.29 is 9.53 Å². The van der Waals surface area contributed by atoms with Gasteiger partial charge < -0.3 is 9.64 Å². The SMILES string of the molecule is CCOc1n[nH]c(NC(=O)N(C)C)n1. The summed E-state index contributed by atoms with van der Waals surface area (Å²) in [6, 6.07) is -0.0502. The van der Waals surface area contributed by atoms with Crippen LogP contribution >= 0.6 is 0 Å². The lowest BCUT2D eigenvalue weighted by Gasteiger charge is -2.08. The van der Waals surface area contributed by atoms with E-state index in [1.165, 1.54) is 4.90 Å². The summed E-state index contributed by atoms with van der Waals surface area (Å²) in [6.45, 7) is 2.31. The molecule has 14 heavy (non-hydrogen) atoms. The molecule has 78 valence electrons. The van der Waals surface area contributed by atoms with Gasteiger partial charge in [0, 0.05) is 14.1 Å². The Kier molecular flexibility index (Phi) is 3.27. The van der Waals surface area contributed by atoms with Gasteiger partial charge in [-0.1, -0.05) is 0 Å². The summed E-state index contributed by atoms with van der Waals surface area (Å²) in [7, 11) is 3.27. The first-order valence-electron chi connectivity index (χ1n) is 4.17. The van der Waals surface area contributed by atoms with Gasteiger partial charge in [0.2, 0.25) is 5.95 Å². The van der Waals surface area contributed by atoms with E-state index >= 15 is 0 Å². The Morgan fingerprint density at radius 3 is 2.93 bits per heavy atom. The van der Waals surface area contributed by atoms with Crippen molar-refractivity contribution in [1.29, 1.82) is 0 Å². The van der Waals surface area contributed by atoms with E-state index in [1.54, 1.807) is 14.1 Å². The maximum atomic E-state index is 11.2.